The Morgan fingerprint density at radius 1 is 1.19 bits per heavy atom. The molecule has 4 rings (SSSR count). The van der Waals surface area contributed by atoms with Crippen molar-refractivity contribution in [2.75, 3.05) is 6.54 Å². The summed E-state index contributed by atoms with van der Waals surface area (Å²) >= 11 is 0. The molecule has 206 valence electrons. The molecule has 2 bridgehead atoms. The third kappa shape index (κ3) is 6.30. The summed E-state index contributed by atoms with van der Waals surface area (Å²) in [7, 11) is 0. The van der Waals surface area contributed by atoms with Crippen LogP contribution in [-0.4, -0.2) is 71.3 Å². The van der Waals surface area contributed by atoms with Gasteiger partial charge in [-0.15, -0.1) is 0 Å². The zero-order chi connectivity index (χ0) is 27.7. The third-order valence-corrected chi connectivity index (χ3v) is 7.18. The molecular weight excluding hydrogens is 505 g/mol. The van der Waals surface area contributed by atoms with Crippen molar-refractivity contribution in [3.63, 3.8) is 0 Å². The van der Waals surface area contributed by atoms with Gasteiger partial charge in [-0.1, -0.05) is 13.8 Å². The second kappa shape index (κ2) is 10.8. The SMILES string of the molecule is CC(C)C[C@H](NC(=O)C(F)(F)F)C(=O)N1[C@H]2CC[C@@H]([C@H]1C(=O)N[C@@H](C#N)C[C@@H]1CCNC1=O)C(F)(F)C2. The van der Waals surface area contributed by atoms with Gasteiger partial charge in [-0.2, -0.15) is 18.4 Å². The summed E-state index contributed by atoms with van der Waals surface area (Å²) in [5.74, 6) is -10.6. The Hall–Kier alpha value is -2.98. The van der Waals surface area contributed by atoms with Crippen LogP contribution in [0.1, 0.15) is 52.4 Å². The number of carbonyl (C=O) groups excluding carboxylic acids is 4. The van der Waals surface area contributed by atoms with Gasteiger partial charge in [0.1, 0.15) is 18.1 Å². The van der Waals surface area contributed by atoms with Crippen molar-refractivity contribution in [3.05, 3.63) is 0 Å². The van der Waals surface area contributed by atoms with Gasteiger partial charge in [0, 0.05) is 24.9 Å². The molecule has 4 fully saturated rings. The van der Waals surface area contributed by atoms with Crippen molar-refractivity contribution in [1.29, 1.82) is 5.26 Å². The first kappa shape index (κ1) is 28.6. The summed E-state index contributed by atoms with van der Waals surface area (Å²) in [6.07, 6.45) is -5.87. The highest BCUT2D eigenvalue weighted by Crippen LogP contribution is 2.49. The highest BCUT2D eigenvalue weighted by molar-refractivity contribution is 5.94. The smallest absolute Gasteiger partial charge is 0.356 e. The Balaban J connectivity index is 1.87. The molecule has 1 aliphatic carbocycles. The topological polar surface area (TPSA) is 131 Å². The molecule has 0 aromatic rings. The second-order valence-electron chi connectivity index (χ2n) is 10.3. The monoisotopic (exact) mass is 535 g/mol. The van der Waals surface area contributed by atoms with E-state index in [-0.39, 0.29) is 37.5 Å². The van der Waals surface area contributed by atoms with E-state index in [9.17, 15) is 46.4 Å². The number of hydrogen-bond donors (Lipinski definition) is 3. The number of carbonyl (C=O) groups is 4. The molecule has 4 aliphatic rings. The molecule has 0 aromatic carbocycles. The molecule has 14 heteroatoms. The molecule has 6 atom stereocenters. The van der Waals surface area contributed by atoms with Crippen molar-refractivity contribution in [1.82, 2.24) is 20.9 Å². The number of nitrogens with one attached hydrogen (secondary N) is 3. The van der Waals surface area contributed by atoms with Crippen LogP contribution in [0.3, 0.4) is 0 Å². The van der Waals surface area contributed by atoms with Gasteiger partial charge in [0.15, 0.2) is 0 Å². The summed E-state index contributed by atoms with van der Waals surface area (Å²) in [6.45, 7) is 3.62. The van der Waals surface area contributed by atoms with E-state index in [1.807, 2.05) is 6.07 Å². The molecule has 3 aliphatic heterocycles. The van der Waals surface area contributed by atoms with Crippen molar-refractivity contribution < 1.29 is 41.1 Å². The van der Waals surface area contributed by atoms with Crippen LogP contribution >= 0.6 is 0 Å². The molecule has 0 unspecified atom stereocenters. The average molecular weight is 536 g/mol. The predicted octanol–water partition coefficient (Wildman–Crippen LogP) is 1.63. The maximum atomic E-state index is 14.9. The Labute approximate surface area is 210 Å². The highest BCUT2D eigenvalue weighted by atomic mass is 19.4. The van der Waals surface area contributed by atoms with E-state index in [4.69, 9.17) is 0 Å². The molecule has 4 amide bonds. The van der Waals surface area contributed by atoms with Crippen molar-refractivity contribution in [2.24, 2.45) is 17.8 Å². The van der Waals surface area contributed by atoms with Gasteiger partial charge in [0.05, 0.1) is 12.0 Å². The van der Waals surface area contributed by atoms with E-state index < -0.39 is 72.2 Å². The molecule has 1 saturated carbocycles. The molecule has 37 heavy (non-hydrogen) atoms. The Morgan fingerprint density at radius 3 is 2.38 bits per heavy atom. The number of amides is 4. The fourth-order valence-corrected chi connectivity index (χ4v) is 5.49. The summed E-state index contributed by atoms with van der Waals surface area (Å²) in [6, 6.07) is -3.94. The van der Waals surface area contributed by atoms with Gasteiger partial charge in [-0.05, 0) is 38.0 Å². The quantitative estimate of drug-likeness (QED) is 0.407. The van der Waals surface area contributed by atoms with Crippen LogP contribution in [0.25, 0.3) is 0 Å². The number of alkyl halides is 5. The van der Waals surface area contributed by atoms with Gasteiger partial charge in [0.25, 0.3) is 5.92 Å². The van der Waals surface area contributed by atoms with E-state index in [0.29, 0.717) is 13.0 Å². The van der Waals surface area contributed by atoms with E-state index >= 15 is 0 Å². The van der Waals surface area contributed by atoms with Crippen LogP contribution in [-0.2, 0) is 19.2 Å². The first-order valence-electron chi connectivity index (χ1n) is 12.2. The minimum absolute atomic E-state index is 0.0587. The molecule has 3 heterocycles. The number of nitriles is 1. The van der Waals surface area contributed by atoms with Crippen molar-refractivity contribution in [3.8, 4) is 6.07 Å². The van der Waals surface area contributed by atoms with Gasteiger partial charge in [-0.3, -0.25) is 19.2 Å². The lowest BCUT2D eigenvalue weighted by atomic mass is 9.71. The lowest BCUT2D eigenvalue weighted by molar-refractivity contribution is -0.196. The number of halogens is 5. The van der Waals surface area contributed by atoms with Gasteiger partial charge in [0.2, 0.25) is 17.7 Å². The second-order valence-corrected chi connectivity index (χ2v) is 10.3. The zero-order valence-electron chi connectivity index (χ0n) is 20.4. The average Bonchev–Trinajstić information content (AvgIpc) is 3.19. The van der Waals surface area contributed by atoms with E-state index in [1.165, 1.54) is 0 Å². The van der Waals surface area contributed by atoms with Crippen molar-refractivity contribution in [2.45, 2.75) is 88.6 Å². The predicted molar refractivity (Wildman–Crippen MR) is 117 cm³/mol. The molecule has 0 spiro atoms. The summed E-state index contributed by atoms with van der Waals surface area (Å²) in [5.41, 5.74) is 0. The molecule has 9 nitrogen and oxygen atoms in total. The molecule has 3 saturated heterocycles. The lowest BCUT2D eigenvalue weighted by Gasteiger charge is -2.54. The number of fused-ring (bicyclic) bond motifs is 3. The molecular formula is C23H30F5N5O4. The van der Waals surface area contributed by atoms with E-state index in [1.54, 1.807) is 19.2 Å². The fourth-order valence-electron chi connectivity index (χ4n) is 5.49. The van der Waals surface area contributed by atoms with Crippen LogP contribution in [0, 0.1) is 29.1 Å². The fraction of sp³-hybridized carbons (Fsp3) is 0.783. The number of hydrogen-bond acceptors (Lipinski definition) is 5. The van der Waals surface area contributed by atoms with E-state index in [0.717, 1.165) is 4.90 Å². The highest BCUT2D eigenvalue weighted by Gasteiger charge is 2.61. The molecule has 0 aromatic heterocycles. The maximum Gasteiger partial charge on any atom is 0.471 e. The zero-order valence-corrected chi connectivity index (χ0v) is 20.4. The Morgan fingerprint density at radius 2 is 1.86 bits per heavy atom. The first-order valence-corrected chi connectivity index (χ1v) is 12.2. The minimum Gasteiger partial charge on any atom is -0.356 e. The van der Waals surface area contributed by atoms with Crippen LogP contribution in [0.2, 0.25) is 0 Å². The third-order valence-electron chi connectivity index (χ3n) is 7.18. The number of rotatable bonds is 8. The Bertz CT molecular complexity index is 966. The van der Waals surface area contributed by atoms with Gasteiger partial charge < -0.3 is 20.9 Å². The van der Waals surface area contributed by atoms with Crippen LogP contribution in [0.15, 0.2) is 0 Å². The van der Waals surface area contributed by atoms with Crippen LogP contribution in [0.4, 0.5) is 22.0 Å². The summed E-state index contributed by atoms with van der Waals surface area (Å²) in [5, 5.41) is 16.1. The molecule has 3 N–H and O–H groups in total. The number of nitrogens with zero attached hydrogens (tertiary/aromatic N) is 2. The maximum absolute atomic E-state index is 14.9. The lowest BCUT2D eigenvalue weighted by Crippen LogP contribution is -2.71. The number of piperidine rings is 2. The van der Waals surface area contributed by atoms with Gasteiger partial charge >= 0.3 is 12.1 Å². The van der Waals surface area contributed by atoms with Crippen LogP contribution in [0.5, 0.6) is 0 Å². The van der Waals surface area contributed by atoms with E-state index in [2.05, 4.69) is 10.6 Å². The largest absolute Gasteiger partial charge is 0.471 e. The first-order chi connectivity index (χ1) is 17.2. The Kier molecular flexibility index (Phi) is 8.34. The van der Waals surface area contributed by atoms with Crippen LogP contribution < -0.4 is 16.0 Å². The van der Waals surface area contributed by atoms with Crippen molar-refractivity contribution >= 4 is 23.6 Å². The van der Waals surface area contributed by atoms with Gasteiger partial charge in [-0.25, -0.2) is 8.78 Å². The molecule has 0 radical (unpaired) electrons. The standard InChI is InChI=1S/C23H30F5N5O4/c1-11(2)7-16(32-21(37)23(26,27)28)20(36)33-14-3-4-15(22(24,25)9-14)17(33)19(35)31-13(10-29)8-12-5-6-30-18(12)34/h11-17H,3-9H2,1-2H3,(H,30,34)(H,31,35)(H,32,37)/t12-,13+,14-,15-,16-,17-/m0/s1. The normalized spacial score (nSPS) is 28.3. The summed E-state index contributed by atoms with van der Waals surface area (Å²) < 4.78 is 68.5. The summed E-state index contributed by atoms with van der Waals surface area (Å²) in [4.78, 5) is 51.1. The minimum atomic E-state index is -5.27.